The molecule has 2 aromatic carbocycles. The van der Waals surface area contributed by atoms with Crippen LogP contribution in [-0.4, -0.2) is 16.8 Å². The highest BCUT2D eigenvalue weighted by Crippen LogP contribution is 2.34. The maximum absolute atomic E-state index is 12.8. The summed E-state index contributed by atoms with van der Waals surface area (Å²) >= 11 is 7.67. The second-order valence-electron chi connectivity index (χ2n) is 6.81. The monoisotopic (exact) mass is 398 g/mol. The highest BCUT2D eigenvalue weighted by molar-refractivity contribution is 8.14. The van der Waals surface area contributed by atoms with Crippen LogP contribution in [0.2, 0.25) is 5.02 Å². The van der Waals surface area contributed by atoms with E-state index in [1.54, 1.807) is 25.1 Å². The van der Waals surface area contributed by atoms with Crippen LogP contribution in [-0.2, 0) is 15.9 Å². The van der Waals surface area contributed by atoms with Crippen molar-refractivity contribution in [3.63, 3.8) is 0 Å². The lowest BCUT2D eigenvalue weighted by Gasteiger charge is -2.34. The highest BCUT2D eigenvalue weighted by atomic mass is 35.5. The summed E-state index contributed by atoms with van der Waals surface area (Å²) in [6, 6.07) is 16.4. The van der Waals surface area contributed by atoms with Crippen molar-refractivity contribution in [2.45, 2.75) is 24.9 Å². The van der Waals surface area contributed by atoms with Crippen molar-refractivity contribution in [3.8, 4) is 6.07 Å². The molecule has 0 bridgehead atoms. The molecule has 0 aromatic heterocycles. The number of nitrogens with zero attached hydrogens (tertiary/aromatic N) is 2. The van der Waals surface area contributed by atoms with E-state index in [9.17, 15) is 4.79 Å². The molecule has 1 aliphatic heterocycles. The SMILES string of the molecule is CC1(c2ccc(C#N)cc2)CS/C(=N/[C@](C)(N)c2ccccc2Cl)NC1=O. The van der Waals surface area contributed by atoms with Crippen molar-refractivity contribution in [3.05, 3.63) is 70.2 Å². The van der Waals surface area contributed by atoms with Gasteiger partial charge >= 0.3 is 0 Å². The third kappa shape index (κ3) is 3.86. The minimum absolute atomic E-state index is 0.153. The normalized spacial score (nSPS) is 23.4. The maximum Gasteiger partial charge on any atom is 0.237 e. The number of hydrogen-bond donors (Lipinski definition) is 2. The van der Waals surface area contributed by atoms with Crippen LogP contribution >= 0.6 is 23.4 Å². The molecule has 0 aliphatic carbocycles. The van der Waals surface area contributed by atoms with Crippen LogP contribution < -0.4 is 11.1 Å². The van der Waals surface area contributed by atoms with Crippen molar-refractivity contribution in [2.24, 2.45) is 10.7 Å². The van der Waals surface area contributed by atoms with E-state index in [0.29, 0.717) is 27.1 Å². The van der Waals surface area contributed by atoms with Crippen molar-refractivity contribution in [1.82, 2.24) is 5.32 Å². The molecule has 7 heteroatoms. The van der Waals surface area contributed by atoms with Gasteiger partial charge in [-0.2, -0.15) is 5.26 Å². The van der Waals surface area contributed by atoms with E-state index in [0.717, 1.165) is 5.56 Å². The molecule has 0 radical (unpaired) electrons. The Morgan fingerprint density at radius 2 is 1.96 bits per heavy atom. The zero-order chi connectivity index (χ0) is 19.7. The number of benzene rings is 2. The molecule has 3 rings (SSSR count). The van der Waals surface area contributed by atoms with Crippen molar-refractivity contribution >= 4 is 34.4 Å². The molecule has 0 saturated carbocycles. The number of nitrogens with two attached hydrogens (primary N) is 1. The number of nitrogens with one attached hydrogen (secondary N) is 1. The fourth-order valence-electron chi connectivity index (χ4n) is 2.88. The molecule has 1 heterocycles. The van der Waals surface area contributed by atoms with Gasteiger partial charge in [-0.05, 0) is 37.6 Å². The summed E-state index contributed by atoms with van der Waals surface area (Å²) in [4.78, 5) is 17.4. The zero-order valence-electron chi connectivity index (χ0n) is 15.0. The van der Waals surface area contributed by atoms with E-state index in [1.807, 2.05) is 37.3 Å². The van der Waals surface area contributed by atoms with Gasteiger partial charge in [-0.1, -0.05) is 53.7 Å². The number of thioether (sulfide) groups is 1. The largest absolute Gasteiger partial charge is 0.305 e. The molecule has 138 valence electrons. The van der Waals surface area contributed by atoms with E-state index in [-0.39, 0.29) is 5.91 Å². The summed E-state index contributed by atoms with van der Waals surface area (Å²) in [6.07, 6.45) is 0. The number of amidine groups is 1. The molecule has 27 heavy (non-hydrogen) atoms. The van der Waals surface area contributed by atoms with E-state index in [4.69, 9.17) is 22.6 Å². The van der Waals surface area contributed by atoms with Gasteiger partial charge in [0.05, 0.1) is 17.0 Å². The number of nitriles is 1. The maximum atomic E-state index is 12.8. The standard InChI is InChI=1S/C20H19ClN4OS/c1-19(14-9-7-13(11-22)8-10-14)12-27-18(24-17(19)26)25-20(2,23)15-5-3-4-6-16(15)21/h3-10H,12,23H2,1-2H3,(H,24,25,26)/t19?,20-/m0/s1. The van der Waals surface area contributed by atoms with Gasteiger partial charge in [0.1, 0.15) is 5.66 Å². The molecule has 1 aliphatic rings. The van der Waals surface area contributed by atoms with Crippen LogP contribution in [0.1, 0.15) is 30.5 Å². The third-order valence-electron chi connectivity index (χ3n) is 4.62. The predicted octanol–water partition coefficient (Wildman–Crippen LogP) is 3.52. The Kier molecular flexibility index (Phi) is 5.29. The van der Waals surface area contributed by atoms with Gasteiger partial charge in [0.15, 0.2) is 5.17 Å². The van der Waals surface area contributed by atoms with Crippen molar-refractivity contribution < 1.29 is 4.79 Å². The molecule has 1 saturated heterocycles. The van der Waals surface area contributed by atoms with Crippen LogP contribution in [0.3, 0.4) is 0 Å². The van der Waals surface area contributed by atoms with Gasteiger partial charge in [0, 0.05) is 16.3 Å². The van der Waals surface area contributed by atoms with Crippen molar-refractivity contribution in [2.75, 3.05) is 5.75 Å². The molecular formula is C20H19ClN4OS. The van der Waals surface area contributed by atoms with E-state index in [2.05, 4.69) is 16.4 Å². The number of aliphatic imine (C=N–C) groups is 1. The predicted molar refractivity (Wildman–Crippen MR) is 110 cm³/mol. The lowest BCUT2D eigenvalue weighted by atomic mass is 9.83. The molecule has 0 spiro atoms. The summed E-state index contributed by atoms with van der Waals surface area (Å²) in [6.45, 7) is 3.63. The number of halogens is 1. The minimum Gasteiger partial charge on any atom is -0.305 e. The van der Waals surface area contributed by atoms with Gasteiger partial charge in [-0.3, -0.25) is 4.79 Å². The number of amides is 1. The topological polar surface area (TPSA) is 91.3 Å². The van der Waals surface area contributed by atoms with Crippen LogP contribution in [0.15, 0.2) is 53.5 Å². The molecule has 5 nitrogen and oxygen atoms in total. The quantitative estimate of drug-likeness (QED) is 0.827. The van der Waals surface area contributed by atoms with Gasteiger partial charge in [0.25, 0.3) is 0 Å². The average Bonchev–Trinajstić information content (AvgIpc) is 2.65. The average molecular weight is 399 g/mol. The molecule has 2 atom stereocenters. The zero-order valence-corrected chi connectivity index (χ0v) is 16.6. The minimum atomic E-state index is -1.06. The van der Waals surface area contributed by atoms with Crippen LogP contribution in [0.4, 0.5) is 0 Å². The number of carbonyl (C=O) groups excluding carboxylic acids is 1. The summed E-state index contributed by atoms with van der Waals surface area (Å²) in [5.74, 6) is 0.363. The number of rotatable bonds is 3. The van der Waals surface area contributed by atoms with Crippen LogP contribution in [0, 0.1) is 11.3 Å². The first-order chi connectivity index (χ1) is 12.8. The fraction of sp³-hybridized carbons (Fsp3) is 0.250. The number of carbonyl (C=O) groups is 1. The Labute approximate surface area is 167 Å². The Balaban J connectivity index is 1.84. The lowest BCUT2D eigenvalue weighted by Crippen LogP contribution is -2.51. The van der Waals surface area contributed by atoms with Gasteiger partial charge < -0.3 is 11.1 Å². The Morgan fingerprint density at radius 1 is 1.30 bits per heavy atom. The Morgan fingerprint density at radius 3 is 2.56 bits per heavy atom. The second kappa shape index (κ2) is 7.35. The Bertz CT molecular complexity index is 949. The fourth-order valence-corrected chi connectivity index (χ4v) is 4.35. The summed E-state index contributed by atoms with van der Waals surface area (Å²) in [5, 5.41) is 12.8. The molecule has 2 aromatic rings. The molecular weight excluding hydrogens is 380 g/mol. The first-order valence-electron chi connectivity index (χ1n) is 8.35. The van der Waals surface area contributed by atoms with Crippen molar-refractivity contribution in [1.29, 1.82) is 5.26 Å². The van der Waals surface area contributed by atoms with Gasteiger partial charge in [-0.15, -0.1) is 0 Å². The van der Waals surface area contributed by atoms with Crippen LogP contribution in [0.5, 0.6) is 0 Å². The highest BCUT2D eigenvalue weighted by Gasteiger charge is 2.40. The smallest absolute Gasteiger partial charge is 0.237 e. The van der Waals surface area contributed by atoms with E-state index < -0.39 is 11.1 Å². The molecule has 1 amide bonds. The molecule has 1 unspecified atom stereocenters. The summed E-state index contributed by atoms with van der Waals surface area (Å²) < 4.78 is 0. The van der Waals surface area contributed by atoms with Gasteiger partial charge in [-0.25, -0.2) is 4.99 Å². The summed E-state index contributed by atoms with van der Waals surface area (Å²) in [7, 11) is 0. The first-order valence-corrected chi connectivity index (χ1v) is 9.71. The number of hydrogen-bond acceptors (Lipinski definition) is 5. The third-order valence-corrected chi connectivity index (χ3v) is 6.14. The van der Waals surface area contributed by atoms with Gasteiger partial charge in [0.2, 0.25) is 5.91 Å². The van der Waals surface area contributed by atoms with E-state index >= 15 is 0 Å². The van der Waals surface area contributed by atoms with E-state index in [1.165, 1.54) is 11.8 Å². The summed E-state index contributed by atoms with van der Waals surface area (Å²) in [5.41, 5.74) is 6.69. The molecule has 1 fully saturated rings. The first kappa shape index (κ1) is 19.4. The lowest BCUT2D eigenvalue weighted by molar-refractivity contribution is -0.124. The van der Waals surface area contributed by atoms with Crippen LogP contribution in [0.25, 0.3) is 0 Å². The second-order valence-corrected chi connectivity index (χ2v) is 8.18. The molecule has 3 N–H and O–H groups in total. The Hall–Kier alpha value is -2.33.